The van der Waals surface area contributed by atoms with Crippen molar-refractivity contribution in [1.29, 1.82) is 0 Å². The molecule has 0 saturated carbocycles. The molecule has 122 valence electrons. The van der Waals surface area contributed by atoms with E-state index in [9.17, 15) is 14.4 Å². The Balaban J connectivity index is 1.89. The molecule has 0 atom stereocenters. The molecule has 22 heavy (non-hydrogen) atoms. The molecule has 0 aliphatic carbocycles. The molecule has 2 N–H and O–H groups in total. The Kier molecular flexibility index (Phi) is 5.41. The van der Waals surface area contributed by atoms with E-state index in [-0.39, 0.29) is 12.1 Å². The van der Waals surface area contributed by atoms with Crippen LogP contribution >= 0.6 is 0 Å². The lowest BCUT2D eigenvalue weighted by atomic mass is 10.0. The quantitative estimate of drug-likeness (QED) is 0.766. The summed E-state index contributed by atoms with van der Waals surface area (Å²) < 4.78 is 4.97. The van der Waals surface area contributed by atoms with Gasteiger partial charge in [-0.1, -0.05) is 6.92 Å². The minimum absolute atomic E-state index is 0.0937. The van der Waals surface area contributed by atoms with E-state index >= 15 is 0 Å². The van der Waals surface area contributed by atoms with Crippen molar-refractivity contribution in [1.82, 2.24) is 4.90 Å². The summed E-state index contributed by atoms with van der Waals surface area (Å²) in [6.45, 7) is 5.99. The fraction of sp³-hybridized carbons (Fsp3) is 0.667. The summed E-state index contributed by atoms with van der Waals surface area (Å²) in [6.07, 6.45) is 2.05. The van der Waals surface area contributed by atoms with E-state index < -0.39 is 10.9 Å². The second-order valence-corrected chi connectivity index (χ2v) is 5.44. The van der Waals surface area contributed by atoms with Gasteiger partial charge < -0.3 is 20.3 Å². The molecule has 1 aromatic rings. The van der Waals surface area contributed by atoms with Gasteiger partial charge in [-0.2, -0.15) is 0 Å². The Bertz CT molecular complexity index is 584. The third-order valence-electron chi connectivity index (χ3n) is 3.83. The van der Waals surface area contributed by atoms with Crippen molar-refractivity contribution < 1.29 is 9.53 Å². The second kappa shape index (κ2) is 7.29. The van der Waals surface area contributed by atoms with Crippen LogP contribution in [0.15, 0.2) is 9.59 Å². The lowest BCUT2D eigenvalue weighted by Crippen LogP contribution is -2.45. The van der Waals surface area contributed by atoms with Crippen LogP contribution in [0.1, 0.15) is 33.1 Å². The normalized spacial score (nSPS) is 15.8. The summed E-state index contributed by atoms with van der Waals surface area (Å²) in [4.78, 5) is 36.5. The van der Waals surface area contributed by atoms with Gasteiger partial charge in [-0.25, -0.2) is 4.79 Å². The molecule has 0 radical (unpaired) electrons. The van der Waals surface area contributed by atoms with Crippen molar-refractivity contribution in [3.63, 3.8) is 0 Å². The lowest BCUT2D eigenvalue weighted by Gasteiger charge is -2.32. The molecule has 0 aromatic heterocycles. The smallest absolute Gasteiger partial charge is 0.409 e. The van der Waals surface area contributed by atoms with Gasteiger partial charge in [0.1, 0.15) is 11.4 Å². The molecule has 1 aliphatic rings. The van der Waals surface area contributed by atoms with Crippen LogP contribution in [0.2, 0.25) is 0 Å². The van der Waals surface area contributed by atoms with E-state index in [0.717, 1.165) is 19.3 Å². The first kappa shape index (κ1) is 16.3. The van der Waals surface area contributed by atoms with Gasteiger partial charge in [0.05, 0.1) is 6.61 Å². The van der Waals surface area contributed by atoms with E-state index in [2.05, 4.69) is 10.6 Å². The lowest BCUT2D eigenvalue weighted by molar-refractivity contribution is 0.0983. The Morgan fingerprint density at radius 3 is 2.41 bits per heavy atom. The predicted molar refractivity (Wildman–Crippen MR) is 85.4 cm³/mol. The number of anilines is 2. The summed E-state index contributed by atoms with van der Waals surface area (Å²) >= 11 is 0. The van der Waals surface area contributed by atoms with Gasteiger partial charge in [-0.3, -0.25) is 9.59 Å². The van der Waals surface area contributed by atoms with Gasteiger partial charge >= 0.3 is 6.09 Å². The largest absolute Gasteiger partial charge is 0.450 e. The van der Waals surface area contributed by atoms with Crippen molar-refractivity contribution in [3.05, 3.63) is 20.4 Å². The second-order valence-electron chi connectivity index (χ2n) is 5.44. The van der Waals surface area contributed by atoms with Crippen LogP contribution in [0.3, 0.4) is 0 Å². The summed E-state index contributed by atoms with van der Waals surface area (Å²) in [5.74, 6) is 0. The Labute approximate surface area is 129 Å². The predicted octanol–water partition coefficient (Wildman–Crippen LogP) is 1.14. The minimum Gasteiger partial charge on any atom is -0.450 e. The summed E-state index contributed by atoms with van der Waals surface area (Å²) in [5, 5.41) is 6.15. The standard InChI is InChI=1S/C15H23N3O4/c1-3-7-16-11-12(14(20)13(11)19)17-10-5-8-18(9-6-10)15(21)22-4-2/h10,16-17H,3-9H2,1-2H3. The number of nitrogens with zero attached hydrogens (tertiary/aromatic N) is 1. The van der Waals surface area contributed by atoms with Gasteiger partial charge in [-0.05, 0) is 26.2 Å². The summed E-state index contributed by atoms with van der Waals surface area (Å²) in [7, 11) is 0. The highest BCUT2D eigenvalue weighted by molar-refractivity contribution is 5.74. The maximum Gasteiger partial charge on any atom is 0.409 e. The van der Waals surface area contributed by atoms with Crippen molar-refractivity contribution in [2.45, 2.75) is 39.2 Å². The van der Waals surface area contributed by atoms with Crippen LogP contribution < -0.4 is 21.5 Å². The van der Waals surface area contributed by atoms with Crippen molar-refractivity contribution in [3.8, 4) is 0 Å². The van der Waals surface area contributed by atoms with E-state index in [0.29, 0.717) is 37.6 Å². The van der Waals surface area contributed by atoms with E-state index in [1.165, 1.54) is 0 Å². The number of rotatable bonds is 6. The molecule has 1 saturated heterocycles. The highest BCUT2D eigenvalue weighted by atomic mass is 16.6. The van der Waals surface area contributed by atoms with Gasteiger partial charge in [0.2, 0.25) is 0 Å². The number of nitrogens with one attached hydrogen (secondary N) is 2. The van der Waals surface area contributed by atoms with Crippen LogP contribution in [0.25, 0.3) is 0 Å². The zero-order chi connectivity index (χ0) is 16.1. The highest BCUT2D eigenvalue weighted by Crippen LogP contribution is 2.20. The monoisotopic (exact) mass is 309 g/mol. The molecule has 0 unspecified atom stereocenters. The molecular formula is C15H23N3O4. The zero-order valence-corrected chi connectivity index (χ0v) is 13.1. The molecular weight excluding hydrogens is 286 g/mol. The van der Waals surface area contributed by atoms with Crippen LogP contribution in [0.4, 0.5) is 16.2 Å². The van der Waals surface area contributed by atoms with Gasteiger partial charge in [0, 0.05) is 25.7 Å². The Morgan fingerprint density at radius 1 is 1.18 bits per heavy atom. The average Bonchev–Trinajstić information content (AvgIpc) is 2.54. The fourth-order valence-electron chi connectivity index (χ4n) is 2.57. The molecule has 0 spiro atoms. The molecule has 1 amide bonds. The number of hydrogen-bond donors (Lipinski definition) is 2. The Morgan fingerprint density at radius 2 is 1.82 bits per heavy atom. The van der Waals surface area contributed by atoms with Crippen molar-refractivity contribution in [2.24, 2.45) is 0 Å². The van der Waals surface area contributed by atoms with Crippen LogP contribution in [0, 0.1) is 0 Å². The first-order valence-electron chi connectivity index (χ1n) is 7.83. The first-order valence-corrected chi connectivity index (χ1v) is 7.83. The number of piperidine rings is 1. The molecule has 2 rings (SSSR count). The van der Waals surface area contributed by atoms with E-state index in [4.69, 9.17) is 4.74 Å². The number of ether oxygens (including phenoxy) is 1. The molecule has 1 aliphatic heterocycles. The number of hydrogen-bond acceptors (Lipinski definition) is 6. The Hall–Kier alpha value is -2.05. The average molecular weight is 309 g/mol. The van der Waals surface area contributed by atoms with Gasteiger partial charge in [0.15, 0.2) is 0 Å². The molecule has 1 fully saturated rings. The van der Waals surface area contributed by atoms with Crippen LogP contribution in [-0.2, 0) is 4.74 Å². The summed E-state index contributed by atoms with van der Waals surface area (Å²) in [5.41, 5.74) is -0.0981. The van der Waals surface area contributed by atoms with Crippen LogP contribution in [-0.4, -0.2) is 43.3 Å². The van der Waals surface area contributed by atoms with E-state index in [1.807, 2.05) is 6.92 Å². The molecule has 0 bridgehead atoms. The molecule has 7 heteroatoms. The highest BCUT2D eigenvalue weighted by Gasteiger charge is 2.27. The van der Waals surface area contributed by atoms with Gasteiger partial charge in [-0.15, -0.1) is 0 Å². The maximum atomic E-state index is 11.7. The first-order chi connectivity index (χ1) is 10.6. The third-order valence-corrected chi connectivity index (χ3v) is 3.83. The van der Waals surface area contributed by atoms with E-state index in [1.54, 1.807) is 11.8 Å². The topological polar surface area (TPSA) is 87.7 Å². The number of carbonyl (C=O) groups is 1. The maximum absolute atomic E-state index is 11.7. The number of carbonyl (C=O) groups excluding carboxylic acids is 1. The van der Waals surface area contributed by atoms with Crippen molar-refractivity contribution >= 4 is 17.5 Å². The summed E-state index contributed by atoms with van der Waals surface area (Å²) in [6, 6.07) is 0.0937. The number of amides is 1. The molecule has 7 nitrogen and oxygen atoms in total. The SMILES string of the molecule is CCCNc1c(NC2CCN(C(=O)OCC)CC2)c(=O)c1=O. The number of likely N-dealkylation sites (tertiary alicyclic amines) is 1. The third kappa shape index (κ3) is 3.40. The zero-order valence-electron chi connectivity index (χ0n) is 13.1. The minimum atomic E-state index is -0.452. The van der Waals surface area contributed by atoms with Crippen molar-refractivity contribution in [2.75, 3.05) is 36.9 Å². The molecule has 1 aromatic carbocycles. The van der Waals surface area contributed by atoms with Crippen LogP contribution in [0.5, 0.6) is 0 Å². The fourth-order valence-corrected chi connectivity index (χ4v) is 2.57. The molecule has 1 heterocycles. The van der Waals surface area contributed by atoms with Gasteiger partial charge in [0.25, 0.3) is 10.9 Å².